The standard InChI is InChI=1S/C8H11ClN2O2S/c1-11(14(2,12)13)6-3-4-8(10)7(9)5-6/h3-5H,10H2,1-2H3. The van der Waals surface area contributed by atoms with Gasteiger partial charge in [0.2, 0.25) is 10.0 Å². The average molecular weight is 235 g/mol. The second kappa shape index (κ2) is 3.67. The SMILES string of the molecule is CN(c1ccc(N)c(Cl)c1)S(C)(=O)=O. The van der Waals surface area contributed by atoms with Crippen LogP contribution in [0.2, 0.25) is 5.02 Å². The minimum Gasteiger partial charge on any atom is -0.398 e. The number of nitrogen functional groups attached to an aromatic ring is 1. The van der Waals surface area contributed by atoms with Crippen molar-refractivity contribution in [3.8, 4) is 0 Å². The maximum absolute atomic E-state index is 11.2. The third kappa shape index (κ3) is 2.30. The zero-order valence-corrected chi connectivity index (χ0v) is 9.43. The summed E-state index contributed by atoms with van der Waals surface area (Å²) >= 11 is 5.76. The zero-order chi connectivity index (χ0) is 10.9. The lowest BCUT2D eigenvalue weighted by molar-refractivity contribution is 0.600. The highest BCUT2D eigenvalue weighted by Gasteiger charge is 2.12. The molecule has 0 spiro atoms. The van der Waals surface area contributed by atoms with Crippen LogP contribution in [0.25, 0.3) is 0 Å². The van der Waals surface area contributed by atoms with E-state index in [1.807, 2.05) is 0 Å². The predicted molar refractivity (Wildman–Crippen MR) is 59.1 cm³/mol. The molecule has 0 aromatic heterocycles. The molecule has 0 saturated carbocycles. The van der Waals surface area contributed by atoms with Crippen molar-refractivity contribution in [1.29, 1.82) is 0 Å². The van der Waals surface area contributed by atoms with Crippen LogP contribution < -0.4 is 10.0 Å². The number of anilines is 2. The molecule has 1 aromatic rings. The molecule has 0 atom stereocenters. The lowest BCUT2D eigenvalue weighted by Gasteiger charge is -2.16. The van der Waals surface area contributed by atoms with Gasteiger partial charge in [-0.25, -0.2) is 8.42 Å². The first-order chi connectivity index (χ1) is 6.32. The fourth-order valence-electron chi connectivity index (χ4n) is 0.903. The molecule has 14 heavy (non-hydrogen) atoms. The first kappa shape index (κ1) is 11.1. The number of nitrogens with zero attached hydrogens (tertiary/aromatic N) is 1. The summed E-state index contributed by atoms with van der Waals surface area (Å²) < 4.78 is 23.5. The highest BCUT2D eigenvalue weighted by molar-refractivity contribution is 7.92. The molecule has 78 valence electrons. The van der Waals surface area contributed by atoms with Crippen LogP contribution in [0.15, 0.2) is 18.2 Å². The average Bonchev–Trinajstić information content (AvgIpc) is 2.07. The molecule has 0 unspecified atom stereocenters. The number of sulfonamides is 1. The largest absolute Gasteiger partial charge is 0.398 e. The van der Waals surface area contributed by atoms with E-state index >= 15 is 0 Å². The highest BCUT2D eigenvalue weighted by Crippen LogP contribution is 2.25. The van der Waals surface area contributed by atoms with Gasteiger partial charge in [0.25, 0.3) is 0 Å². The molecule has 1 aromatic carbocycles. The quantitative estimate of drug-likeness (QED) is 0.785. The van der Waals surface area contributed by atoms with Gasteiger partial charge in [0.05, 0.1) is 22.7 Å². The molecular formula is C8H11ClN2O2S. The Labute approximate surface area is 88.3 Å². The van der Waals surface area contributed by atoms with Gasteiger partial charge in [-0.15, -0.1) is 0 Å². The summed E-state index contributed by atoms with van der Waals surface area (Å²) in [5.41, 5.74) is 6.42. The van der Waals surface area contributed by atoms with Crippen LogP contribution in [0.3, 0.4) is 0 Å². The van der Waals surface area contributed by atoms with Gasteiger partial charge < -0.3 is 5.73 Å². The molecular weight excluding hydrogens is 224 g/mol. The van der Waals surface area contributed by atoms with E-state index in [4.69, 9.17) is 17.3 Å². The molecule has 0 heterocycles. The summed E-state index contributed by atoms with van der Waals surface area (Å²) in [6.07, 6.45) is 1.12. The molecule has 0 aliphatic heterocycles. The fraction of sp³-hybridized carbons (Fsp3) is 0.250. The molecule has 0 aliphatic rings. The third-order valence-corrected chi connectivity index (χ3v) is 3.38. The Hall–Kier alpha value is -0.940. The van der Waals surface area contributed by atoms with Crippen molar-refractivity contribution in [2.24, 2.45) is 0 Å². The van der Waals surface area contributed by atoms with E-state index in [0.717, 1.165) is 10.6 Å². The van der Waals surface area contributed by atoms with Crippen LogP contribution in [-0.4, -0.2) is 21.7 Å². The van der Waals surface area contributed by atoms with E-state index < -0.39 is 10.0 Å². The Morgan fingerprint density at radius 3 is 2.43 bits per heavy atom. The molecule has 2 N–H and O–H groups in total. The van der Waals surface area contributed by atoms with Crippen LogP contribution in [0.4, 0.5) is 11.4 Å². The van der Waals surface area contributed by atoms with Gasteiger partial charge in [-0.3, -0.25) is 4.31 Å². The lowest BCUT2D eigenvalue weighted by Crippen LogP contribution is -2.24. The molecule has 6 heteroatoms. The fourth-order valence-corrected chi connectivity index (χ4v) is 1.57. The minimum absolute atomic E-state index is 0.345. The van der Waals surface area contributed by atoms with E-state index in [9.17, 15) is 8.42 Å². The molecule has 0 fully saturated rings. The number of nitrogens with two attached hydrogens (primary N) is 1. The Morgan fingerprint density at radius 2 is 2.00 bits per heavy atom. The van der Waals surface area contributed by atoms with E-state index in [2.05, 4.69) is 0 Å². The Kier molecular flexibility index (Phi) is 2.92. The molecule has 1 rings (SSSR count). The molecule has 0 radical (unpaired) electrons. The Balaban J connectivity index is 3.16. The first-order valence-electron chi connectivity index (χ1n) is 3.81. The summed E-state index contributed by atoms with van der Waals surface area (Å²) in [5, 5.41) is 0.345. The van der Waals surface area contributed by atoms with Crippen molar-refractivity contribution in [2.45, 2.75) is 0 Å². The highest BCUT2D eigenvalue weighted by atomic mass is 35.5. The van der Waals surface area contributed by atoms with Crippen LogP contribution in [-0.2, 0) is 10.0 Å². The van der Waals surface area contributed by atoms with Gasteiger partial charge in [-0.1, -0.05) is 11.6 Å². The molecule has 4 nitrogen and oxygen atoms in total. The van der Waals surface area contributed by atoms with Gasteiger partial charge >= 0.3 is 0 Å². The summed E-state index contributed by atoms with van der Waals surface area (Å²) in [5.74, 6) is 0. The summed E-state index contributed by atoms with van der Waals surface area (Å²) in [4.78, 5) is 0. The van der Waals surface area contributed by atoms with E-state index in [1.165, 1.54) is 13.1 Å². The normalized spacial score (nSPS) is 11.4. The predicted octanol–water partition coefficient (Wildman–Crippen LogP) is 1.32. The number of benzene rings is 1. The second-order valence-corrected chi connectivity index (χ2v) is 5.36. The van der Waals surface area contributed by atoms with E-state index in [0.29, 0.717) is 16.4 Å². The van der Waals surface area contributed by atoms with Gasteiger partial charge in [-0.2, -0.15) is 0 Å². The molecule has 0 bridgehead atoms. The Morgan fingerprint density at radius 1 is 1.43 bits per heavy atom. The number of halogens is 1. The Bertz CT molecular complexity index is 445. The van der Waals surface area contributed by atoms with Crippen molar-refractivity contribution < 1.29 is 8.42 Å². The van der Waals surface area contributed by atoms with Crippen molar-refractivity contribution in [3.05, 3.63) is 23.2 Å². The zero-order valence-electron chi connectivity index (χ0n) is 7.86. The van der Waals surface area contributed by atoms with Gasteiger partial charge in [0.1, 0.15) is 0 Å². The molecule has 0 aliphatic carbocycles. The molecule has 0 amide bonds. The van der Waals surface area contributed by atoms with Crippen molar-refractivity contribution in [2.75, 3.05) is 23.3 Å². The van der Waals surface area contributed by atoms with Crippen LogP contribution in [0, 0.1) is 0 Å². The van der Waals surface area contributed by atoms with Crippen molar-refractivity contribution >= 4 is 33.0 Å². The van der Waals surface area contributed by atoms with Crippen LogP contribution >= 0.6 is 11.6 Å². The summed E-state index contributed by atoms with van der Waals surface area (Å²) in [7, 11) is -1.80. The number of rotatable bonds is 2. The lowest BCUT2D eigenvalue weighted by atomic mass is 10.3. The smallest absolute Gasteiger partial charge is 0.231 e. The summed E-state index contributed by atoms with van der Waals surface area (Å²) in [6, 6.07) is 4.68. The van der Waals surface area contributed by atoms with Gasteiger partial charge in [0, 0.05) is 7.05 Å². The van der Waals surface area contributed by atoms with E-state index in [-0.39, 0.29) is 0 Å². The van der Waals surface area contributed by atoms with Crippen LogP contribution in [0.1, 0.15) is 0 Å². The number of hydrogen-bond donors (Lipinski definition) is 1. The first-order valence-corrected chi connectivity index (χ1v) is 6.04. The van der Waals surface area contributed by atoms with Crippen molar-refractivity contribution in [1.82, 2.24) is 0 Å². The maximum atomic E-state index is 11.2. The maximum Gasteiger partial charge on any atom is 0.231 e. The second-order valence-electron chi connectivity index (χ2n) is 2.94. The monoisotopic (exact) mass is 234 g/mol. The minimum atomic E-state index is -3.25. The van der Waals surface area contributed by atoms with Crippen molar-refractivity contribution in [3.63, 3.8) is 0 Å². The van der Waals surface area contributed by atoms with Gasteiger partial charge in [-0.05, 0) is 18.2 Å². The number of hydrogen-bond acceptors (Lipinski definition) is 3. The topological polar surface area (TPSA) is 63.4 Å². The van der Waals surface area contributed by atoms with Gasteiger partial charge in [0.15, 0.2) is 0 Å². The summed E-state index contributed by atoms with van der Waals surface area (Å²) in [6.45, 7) is 0. The van der Waals surface area contributed by atoms with Crippen LogP contribution in [0.5, 0.6) is 0 Å². The molecule has 0 saturated heterocycles. The third-order valence-electron chi connectivity index (χ3n) is 1.85. The van der Waals surface area contributed by atoms with E-state index in [1.54, 1.807) is 12.1 Å².